The first-order chi connectivity index (χ1) is 32.0. The summed E-state index contributed by atoms with van der Waals surface area (Å²) in [5.74, 6) is -1.02. The first-order valence-electron chi connectivity index (χ1n) is 25.2. The fourth-order valence-electron chi connectivity index (χ4n) is 7.70. The number of esters is 2. The molecule has 2 heterocycles. The van der Waals surface area contributed by atoms with E-state index in [2.05, 4.69) is 44.2 Å². The number of rotatable bonds is 38. The normalized spacial score (nSPS) is 26.6. The molecule has 11 unspecified atom stereocenters. The second-order valence-electron chi connectivity index (χ2n) is 17.6. The number of aliphatic hydroxyl groups is 7. The van der Waals surface area contributed by atoms with E-state index < -0.39 is 99.3 Å². The summed E-state index contributed by atoms with van der Waals surface area (Å²) in [6, 6.07) is 0. The van der Waals surface area contributed by atoms with Gasteiger partial charge in [0.2, 0.25) is 0 Å². The second kappa shape index (κ2) is 38.3. The van der Waals surface area contributed by atoms with E-state index in [0.717, 1.165) is 38.5 Å². The van der Waals surface area contributed by atoms with Gasteiger partial charge in [0.05, 0.1) is 19.8 Å². The van der Waals surface area contributed by atoms with Crippen LogP contribution in [0.1, 0.15) is 168 Å². The van der Waals surface area contributed by atoms with E-state index in [-0.39, 0.29) is 19.4 Å². The smallest absolute Gasteiger partial charge is 0.306 e. The lowest BCUT2D eigenvalue weighted by atomic mass is 9.98. The highest BCUT2D eigenvalue weighted by Crippen LogP contribution is 2.26. The van der Waals surface area contributed by atoms with Gasteiger partial charge in [0.1, 0.15) is 55.4 Å². The Morgan fingerprint density at radius 1 is 0.500 bits per heavy atom. The van der Waals surface area contributed by atoms with E-state index in [4.69, 9.17) is 28.4 Å². The van der Waals surface area contributed by atoms with Crippen LogP contribution in [0.15, 0.2) is 48.6 Å². The van der Waals surface area contributed by atoms with Gasteiger partial charge in [-0.05, 0) is 38.5 Å². The molecule has 2 saturated heterocycles. The number of hydrogen-bond acceptors (Lipinski definition) is 15. The van der Waals surface area contributed by atoms with Gasteiger partial charge >= 0.3 is 11.9 Å². The zero-order valence-corrected chi connectivity index (χ0v) is 40.2. The highest BCUT2D eigenvalue weighted by atomic mass is 16.7. The number of ether oxygens (including phenoxy) is 6. The van der Waals surface area contributed by atoms with Gasteiger partial charge in [0.25, 0.3) is 0 Å². The standard InChI is InChI=1S/C51H88O15/c1-3-5-7-9-11-13-15-17-18-19-20-22-23-25-27-29-31-33-42(53)61-36-39(64-43(54)34-32-30-28-26-24-21-16-14-12-10-8-6-4-2)37-62-50-49(60)47(58)45(56)41(66-50)38-63-51-48(59)46(57)44(55)40(35-52)65-51/h6,8,12,14,21,24,28,30,39-41,44-52,55-60H,3-5,7,9-11,13,15-20,22-23,25-27,29,31-38H2,1-2H3/b8-6-,14-12-,24-21-,30-28-. The van der Waals surface area contributed by atoms with Crippen LogP contribution in [-0.2, 0) is 38.0 Å². The number of aliphatic hydroxyl groups excluding tert-OH is 7. The van der Waals surface area contributed by atoms with Crippen molar-refractivity contribution in [3.8, 4) is 0 Å². The lowest BCUT2D eigenvalue weighted by molar-refractivity contribution is -0.332. The first kappa shape index (κ1) is 59.6. The van der Waals surface area contributed by atoms with Crippen LogP contribution >= 0.6 is 0 Å². The molecular weight excluding hydrogens is 853 g/mol. The van der Waals surface area contributed by atoms with Gasteiger partial charge in [-0.25, -0.2) is 0 Å². The average Bonchev–Trinajstić information content (AvgIpc) is 3.31. The molecule has 15 nitrogen and oxygen atoms in total. The highest BCUT2D eigenvalue weighted by Gasteiger charge is 2.47. The molecule has 0 aliphatic carbocycles. The van der Waals surface area contributed by atoms with Gasteiger partial charge in [-0.15, -0.1) is 0 Å². The molecule has 0 aromatic heterocycles. The van der Waals surface area contributed by atoms with Crippen molar-refractivity contribution in [1.29, 1.82) is 0 Å². The predicted molar refractivity (Wildman–Crippen MR) is 252 cm³/mol. The molecule has 2 aliphatic heterocycles. The average molecular weight is 941 g/mol. The third-order valence-electron chi connectivity index (χ3n) is 11.8. The van der Waals surface area contributed by atoms with Gasteiger partial charge in [-0.2, -0.15) is 0 Å². The Morgan fingerprint density at radius 3 is 1.47 bits per heavy atom. The van der Waals surface area contributed by atoms with Crippen LogP contribution in [0, 0.1) is 0 Å². The zero-order chi connectivity index (χ0) is 48.2. The van der Waals surface area contributed by atoms with Crippen molar-refractivity contribution < 1.29 is 73.8 Å². The second-order valence-corrected chi connectivity index (χ2v) is 17.6. The Hall–Kier alpha value is -2.54. The van der Waals surface area contributed by atoms with Crippen LogP contribution in [0.2, 0.25) is 0 Å². The molecular formula is C51H88O15. The monoisotopic (exact) mass is 941 g/mol. The fraction of sp³-hybridized carbons (Fsp3) is 0.804. The summed E-state index contributed by atoms with van der Waals surface area (Å²) in [4.78, 5) is 25.7. The van der Waals surface area contributed by atoms with E-state index in [9.17, 15) is 45.3 Å². The molecule has 2 fully saturated rings. The summed E-state index contributed by atoms with van der Waals surface area (Å²) < 4.78 is 33.4. The first-order valence-corrected chi connectivity index (χ1v) is 25.2. The maximum absolute atomic E-state index is 12.9. The molecule has 382 valence electrons. The summed E-state index contributed by atoms with van der Waals surface area (Å²) in [5.41, 5.74) is 0. The third kappa shape index (κ3) is 26.3. The molecule has 0 bridgehead atoms. The van der Waals surface area contributed by atoms with E-state index in [1.807, 2.05) is 18.2 Å². The minimum atomic E-state index is -1.78. The minimum absolute atomic E-state index is 0.0444. The van der Waals surface area contributed by atoms with Gasteiger partial charge in [-0.1, -0.05) is 165 Å². The molecule has 2 aliphatic rings. The van der Waals surface area contributed by atoms with Crippen molar-refractivity contribution in [2.75, 3.05) is 26.4 Å². The van der Waals surface area contributed by atoms with Crippen LogP contribution in [-0.4, -0.2) is 142 Å². The summed E-state index contributed by atoms with van der Waals surface area (Å²) >= 11 is 0. The number of hydrogen-bond donors (Lipinski definition) is 7. The SMILES string of the molecule is CC/C=C\C/C=C\C/C=C\C/C=C\CCC(=O)OC(COC(=O)CCCCCCCCCCCCCCCCCCC)COC1OC(COC2OC(CO)C(O)C(O)C2O)C(O)C(O)C1O. The summed E-state index contributed by atoms with van der Waals surface area (Å²) in [5, 5.41) is 72.0. The molecule has 2 rings (SSSR count). The quantitative estimate of drug-likeness (QED) is 0.0194. The number of carbonyl (C=O) groups excluding carboxylic acids is 2. The Labute approximate surface area is 395 Å². The van der Waals surface area contributed by atoms with E-state index >= 15 is 0 Å². The van der Waals surface area contributed by atoms with Crippen LogP contribution in [0.5, 0.6) is 0 Å². The van der Waals surface area contributed by atoms with Crippen LogP contribution in [0.25, 0.3) is 0 Å². The van der Waals surface area contributed by atoms with Crippen molar-refractivity contribution in [3.05, 3.63) is 48.6 Å². The molecule has 0 aromatic carbocycles. The zero-order valence-electron chi connectivity index (χ0n) is 40.2. The van der Waals surface area contributed by atoms with Crippen molar-refractivity contribution >= 4 is 11.9 Å². The summed E-state index contributed by atoms with van der Waals surface area (Å²) in [7, 11) is 0. The van der Waals surface area contributed by atoms with Crippen molar-refractivity contribution in [3.63, 3.8) is 0 Å². The fourth-order valence-corrected chi connectivity index (χ4v) is 7.70. The van der Waals surface area contributed by atoms with Gasteiger partial charge in [0.15, 0.2) is 18.7 Å². The summed E-state index contributed by atoms with van der Waals surface area (Å²) in [6.07, 6.45) is 24.5. The van der Waals surface area contributed by atoms with Crippen LogP contribution in [0.3, 0.4) is 0 Å². The predicted octanol–water partition coefficient (Wildman–Crippen LogP) is 6.71. The number of carbonyl (C=O) groups is 2. The molecule has 7 N–H and O–H groups in total. The van der Waals surface area contributed by atoms with Gasteiger partial charge in [-0.3, -0.25) is 9.59 Å². The van der Waals surface area contributed by atoms with Gasteiger partial charge < -0.3 is 64.2 Å². The van der Waals surface area contributed by atoms with Crippen LogP contribution in [0.4, 0.5) is 0 Å². The Bertz CT molecular complexity index is 1340. The van der Waals surface area contributed by atoms with E-state index in [1.165, 1.54) is 83.5 Å². The molecule has 0 spiro atoms. The Kier molecular flexibility index (Phi) is 34.6. The molecule has 66 heavy (non-hydrogen) atoms. The van der Waals surface area contributed by atoms with Gasteiger partial charge in [0, 0.05) is 12.8 Å². The summed E-state index contributed by atoms with van der Waals surface area (Å²) in [6.45, 7) is 2.40. The number of allylic oxidation sites excluding steroid dienone is 8. The lowest BCUT2D eigenvalue weighted by Crippen LogP contribution is -2.61. The van der Waals surface area contributed by atoms with E-state index in [0.29, 0.717) is 19.3 Å². The van der Waals surface area contributed by atoms with Crippen LogP contribution < -0.4 is 0 Å². The number of unbranched alkanes of at least 4 members (excludes halogenated alkanes) is 16. The lowest BCUT2D eigenvalue weighted by Gasteiger charge is -2.42. The molecule has 0 amide bonds. The van der Waals surface area contributed by atoms with Crippen molar-refractivity contribution in [1.82, 2.24) is 0 Å². The maximum Gasteiger partial charge on any atom is 0.306 e. The van der Waals surface area contributed by atoms with Crippen molar-refractivity contribution in [2.45, 2.75) is 235 Å². The molecule has 0 aromatic rings. The Balaban J connectivity index is 1.83. The van der Waals surface area contributed by atoms with Crippen molar-refractivity contribution in [2.24, 2.45) is 0 Å². The third-order valence-corrected chi connectivity index (χ3v) is 11.8. The maximum atomic E-state index is 12.9. The molecule has 0 radical (unpaired) electrons. The largest absolute Gasteiger partial charge is 0.462 e. The molecule has 11 atom stereocenters. The Morgan fingerprint density at radius 2 is 0.955 bits per heavy atom. The topological polar surface area (TPSA) is 231 Å². The highest BCUT2D eigenvalue weighted by molar-refractivity contribution is 5.70. The molecule has 0 saturated carbocycles. The van der Waals surface area contributed by atoms with E-state index in [1.54, 1.807) is 0 Å². The molecule has 15 heteroatoms. The minimum Gasteiger partial charge on any atom is -0.462 e.